The number of rotatable bonds is 49. The van der Waals surface area contributed by atoms with Crippen molar-refractivity contribution in [1.29, 1.82) is 0 Å². The first kappa shape index (κ1) is 63.7. The van der Waals surface area contributed by atoms with Gasteiger partial charge in [0.15, 0.2) is 6.10 Å². The maximum atomic E-state index is 12.8. The fourth-order valence-corrected chi connectivity index (χ4v) is 8.08. The van der Waals surface area contributed by atoms with Crippen molar-refractivity contribution >= 4 is 19.8 Å². The van der Waals surface area contributed by atoms with E-state index in [2.05, 4.69) is 74.6 Å². The van der Waals surface area contributed by atoms with Crippen LogP contribution in [0.15, 0.2) is 60.8 Å². The molecule has 0 rings (SSSR count). The van der Waals surface area contributed by atoms with Crippen molar-refractivity contribution in [1.82, 2.24) is 0 Å². The van der Waals surface area contributed by atoms with Crippen LogP contribution >= 0.6 is 7.82 Å². The molecule has 1 N–H and O–H groups in total. The van der Waals surface area contributed by atoms with Gasteiger partial charge in [-0.25, -0.2) is 4.57 Å². The molecule has 384 valence electrons. The molecule has 0 fully saturated rings. The highest BCUT2D eigenvalue weighted by molar-refractivity contribution is 7.47. The van der Waals surface area contributed by atoms with Crippen molar-refractivity contribution in [2.24, 2.45) is 0 Å². The highest BCUT2D eigenvalue weighted by Gasteiger charge is 2.27. The maximum absolute atomic E-state index is 12.8. The second-order valence-corrected chi connectivity index (χ2v) is 20.7. The molecule has 0 saturated carbocycles. The summed E-state index contributed by atoms with van der Waals surface area (Å²) in [5.74, 6) is -0.805. The number of unbranched alkanes of at least 4 members (excludes halogenated alkanes) is 25. The van der Waals surface area contributed by atoms with E-state index in [0.717, 1.165) is 83.5 Å². The minimum atomic E-state index is -4.38. The molecule has 0 aliphatic rings. The molecule has 66 heavy (non-hydrogen) atoms. The summed E-state index contributed by atoms with van der Waals surface area (Å²) in [5, 5.41) is 0. The van der Waals surface area contributed by atoms with E-state index in [9.17, 15) is 19.0 Å². The van der Waals surface area contributed by atoms with E-state index in [4.69, 9.17) is 18.5 Å². The summed E-state index contributed by atoms with van der Waals surface area (Å²) in [6.45, 7) is 4.28. The highest BCUT2D eigenvalue weighted by Crippen LogP contribution is 2.43. The number of hydrogen-bond acceptors (Lipinski definition) is 7. The van der Waals surface area contributed by atoms with Crippen molar-refractivity contribution < 1.29 is 42.1 Å². The largest absolute Gasteiger partial charge is 0.472 e. The Morgan fingerprint density at radius 3 is 1.30 bits per heavy atom. The van der Waals surface area contributed by atoms with Crippen molar-refractivity contribution in [3.8, 4) is 0 Å². The van der Waals surface area contributed by atoms with Crippen LogP contribution in [0.2, 0.25) is 0 Å². The van der Waals surface area contributed by atoms with Gasteiger partial charge in [0.25, 0.3) is 0 Å². The van der Waals surface area contributed by atoms with Crippen molar-refractivity contribution in [3.05, 3.63) is 60.8 Å². The van der Waals surface area contributed by atoms with Crippen molar-refractivity contribution in [3.63, 3.8) is 0 Å². The Bertz CT molecular complexity index is 1300. The van der Waals surface area contributed by atoms with E-state index < -0.39 is 26.5 Å². The molecule has 0 heterocycles. The van der Waals surface area contributed by atoms with Gasteiger partial charge in [-0.3, -0.25) is 18.6 Å². The van der Waals surface area contributed by atoms with E-state index in [-0.39, 0.29) is 32.0 Å². The number of esters is 2. The molecule has 0 radical (unpaired) electrons. The lowest BCUT2D eigenvalue weighted by Gasteiger charge is -2.24. The Morgan fingerprint density at radius 1 is 0.485 bits per heavy atom. The van der Waals surface area contributed by atoms with Crippen LogP contribution in [0.3, 0.4) is 0 Å². The second kappa shape index (κ2) is 47.8. The lowest BCUT2D eigenvalue weighted by atomic mass is 10.0. The van der Waals surface area contributed by atoms with Gasteiger partial charge in [0, 0.05) is 12.8 Å². The zero-order valence-electron chi connectivity index (χ0n) is 43.4. The topological polar surface area (TPSA) is 108 Å². The van der Waals surface area contributed by atoms with E-state index in [1.807, 2.05) is 21.1 Å². The SMILES string of the molecule is CC/C=C\C/C=C\C/C=C\C/C=C\CCCCCCCCCCCCCCCCCCCCC(=O)OC(COC(=O)CCCCCCC/C=C\CCCC)COP(=O)(O)OCC[N+](C)(C)C. The Kier molecular flexibility index (Phi) is 46.1. The first-order valence-electron chi connectivity index (χ1n) is 27.0. The number of quaternary nitrogens is 1. The number of ether oxygens (including phenoxy) is 2. The lowest BCUT2D eigenvalue weighted by Crippen LogP contribution is -2.37. The van der Waals surface area contributed by atoms with Crippen molar-refractivity contribution in [2.75, 3.05) is 47.5 Å². The van der Waals surface area contributed by atoms with Crippen LogP contribution in [0.1, 0.15) is 232 Å². The van der Waals surface area contributed by atoms with Gasteiger partial charge in [0.2, 0.25) is 0 Å². The maximum Gasteiger partial charge on any atom is 0.472 e. The summed E-state index contributed by atoms with van der Waals surface area (Å²) in [5.41, 5.74) is 0. The molecule has 0 amide bonds. The molecule has 10 heteroatoms. The number of phosphoric acid groups is 1. The normalized spacial score (nSPS) is 13.8. The van der Waals surface area contributed by atoms with Crippen LogP contribution in [0, 0.1) is 0 Å². The predicted octanol–water partition coefficient (Wildman–Crippen LogP) is 16.4. The second-order valence-electron chi connectivity index (χ2n) is 19.2. The van der Waals surface area contributed by atoms with Gasteiger partial charge >= 0.3 is 19.8 Å². The molecule has 9 nitrogen and oxygen atoms in total. The first-order chi connectivity index (χ1) is 32.0. The number of carbonyl (C=O) groups excluding carboxylic acids is 2. The molecule has 0 aromatic carbocycles. The predicted molar refractivity (Wildman–Crippen MR) is 279 cm³/mol. The zero-order valence-corrected chi connectivity index (χ0v) is 44.3. The number of hydrogen-bond donors (Lipinski definition) is 1. The molecule has 2 unspecified atom stereocenters. The average Bonchev–Trinajstić information content (AvgIpc) is 3.27. The van der Waals surface area contributed by atoms with Crippen LogP contribution in [-0.4, -0.2) is 74.9 Å². The molecular formula is C56H103NO8P+. The number of carbonyl (C=O) groups is 2. The van der Waals surface area contributed by atoms with Crippen LogP contribution in [0.4, 0.5) is 0 Å². The summed E-state index contributed by atoms with van der Waals surface area (Å²) in [4.78, 5) is 35.5. The molecule has 0 aromatic rings. The zero-order chi connectivity index (χ0) is 48.5. The first-order valence-corrected chi connectivity index (χ1v) is 28.5. The van der Waals surface area contributed by atoms with Crippen LogP contribution in [0.5, 0.6) is 0 Å². The summed E-state index contributed by atoms with van der Waals surface area (Å²) in [6.07, 6.45) is 60.1. The van der Waals surface area contributed by atoms with Gasteiger partial charge < -0.3 is 18.9 Å². The molecule has 0 aliphatic heterocycles. The molecule has 0 spiro atoms. The third kappa shape index (κ3) is 51.1. The highest BCUT2D eigenvalue weighted by atomic mass is 31.2. The van der Waals surface area contributed by atoms with Crippen LogP contribution in [0.25, 0.3) is 0 Å². The van der Waals surface area contributed by atoms with Gasteiger partial charge in [-0.05, 0) is 70.6 Å². The summed E-state index contributed by atoms with van der Waals surface area (Å²) < 4.78 is 34.4. The van der Waals surface area contributed by atoms with E-state index in [1.54, 1.807) is 0 Å². The van der Waals surface area contributed by atoms with Crippen LogP contribution < -0.4 is 0 Å². The Hall–Kier alpha value is -2.29. The monoisotopic (exact) mass is 949 g/mol. The van der Waals surface area contributed by atoms with Crippen LogP contribution in [-0.2, 0) is 32.7 Å². The van der Waals surface area contributed by atoms with Gasteiger partial charge in [-0.1, -0.05) is 209 Å². The van der Waals surface area contributed by atoms with E-state index in [1.165, 1.54) is 116 Å². The standard InChI is InChI=1S/C56H102NO8P/c1-6-8-10-12-14-16-18-19-20-21-22-23-24-25-26-27-28-29-30-31-32-33-34-35-36-37-39-41-43-45-47-49-56(59)65-54(53-64-66(60,61)63-51-50-57(3,4)5)52-62-55(58)48-46-44-42-40-38-17-15-13-11-9-7-2/h8,10,13-16,19-20,22-23,54H,6-7,9,11-12,17-18,21,24-53H2,1-5H3/p+1/b10-8-,15-13-,16-14-,20-19-,23-22-. The van der Waals surface area contributed by atoms with Gasteiger partial charge in [0.05, 0.1) is 27.7 Å². The fourth-order valence-electron chi connectivity index (χ4n) is 7.34. The minimum absolute atomic E-state index is 0.0302. The molecule has 0 aliphatic carbocycles. The molecule has 2 atom stereocenters. The Balaban J connectivity index is 4.03. The Morgan fingerprint density at radius 2 is 0.864 bits per heavy atom. The molecule has 0 saturated heterocycles. The number of allylic oxidation sites excluding steroid dienone is 10. The average molecular weight is 949 g/mol. The third-order valence-electron chi connectivity index (χ3n) is 11.5. The molecule has 0 aromatic heterocycles. The van der Waals surface area contributed by atoms with Gasteiger partial charge in [-0.2, -0.15) is 0 Å². The lowest BCUT2D eigenvalue weighted by molar-refractivity contribution is -0.870. The minimum Gasteiger partial charge on any atom is -0.462 e. The van der Waals surface area contributed by atoms with Gasteiger partial charge in [-0.15, -0.1) is 0 Å². The number of nitrogens with zero attached hydrogens (tertiary/aromatic N) is 1. The molecule has 0 bridgehead atoms. The summed E-state index contributed by atoms with van der Waals surface area (Å²) in [6, 6.07) is 0. The smallest absolute Gasteiger partial charge is 0.462 e. The van der Waals surface area contributed by atoms with Gasteiger partial charge in [0.1, 0.15) is 19.8 Å². The number of phosphoric ester groups is 1. The number of likely N-dealkylation sites (N-methyl/N-ethyl adjacent to an activating group) is 1. The molecular weight excluding hydrogens is 846 g/mol. The quantitative estimate of drug-likeness (QED) is 0.0211. The van der Waals surface area contributed by atoms with Crippen molar-refractivity contribution in [2.45, 2.75) is 238 Å². The Labute approximate surface area is 406 Å². The third-order valence-corrected chi connectivity index (χ3v) is 12.5. The fraction of sp³-hybridized carbons (Fsp3) is 0.786. The summed E-state index contributed by atoms with van der Waals surface area (Å²) in [7, 11) is 1.47. The summed E-state index contributed by atoms with van der Waals surface area (Å²) >= 11 is 0. The van der Waals surface area contributed by atoms with E-state index in [0.29, 0.717) is 17.4 Å². The van der Waals surface area contributed by atoms with E-state index >= 15 is 0 Å².